The Bertz CT molecular complexity index is 354. The van der Waals surface area contributed by atoms with Crippen LogP contribution < -0.4 is 5.32 Å². The molecule has 0 spiro atoms. The van der Waals surface area contributed by atoms with Gasteiger partial charge in [-0.15, -0.1) is 6.58 Å². The quantitative estimate of drug-likeness (QED) is 0.752. The zero-order valence-corrected chi connectivity index (χ0v) is 9.61. The van der Waals surface area contributed by atoms with Crippen LogP contribution in [0.2, 0.25) is 0 Å². The lowest BCUT2D eigenvalue weighted by Gasteiger charge is -2.19. The average Bonchev–Trinajstić information content (AvgIpc) is 2.35. The van der Waals surface area contributed by atoms with E-state index in [1.807, 2.05) is 6.92 Å². The summed E-state index contributed by atoms with van der Waals surface area (Å²) in [5, 5.41) is 12.1. The van der Waals surface area contributed by atoms with Gasteiger partial charge in [-0.3, -0.25) is 4.98 Å². The molecule has 0 aliphatic heterocycles. The maximum Gasteiger partial charge on any atom is 0.280 e. The maximum absolute atomic E-state index is 12.3. The molecule has 2 N–H and O–H groups in total. The van der Waals surface area contributed by atoms with Crippen LogP contribution in [0.25, 0.3) is 0 Å². The number of hydrogen-bond acceptors (Lipinski definition) is 3. The molecule has 2 atom stereocenters. The second-order valence-corrected chi connectivity index (χ2v) is 3.73. The highest BCUT2D eigenvalue weighted by Crippen LogP contribution is 2.18. The number of nitrogens with one attached hydrogen (secondary N) is 1. The molecule has 1 heterocycles. The van der Waals surface area contributed by atoms with Gasteiger partial charge < -0.3 is 10.4 Å². The lowest BCUT2D eigenvalue weighted by atomic mass is 10.1. The molecule has 17 heavy (non-hydrogen) atoms. The van der Waals surface area contributed by atoms with Crippen molar-refractivity contribution in [1.82, 2.24) is 10.3 Å². The van der Waals surface area contributed by atoms with Crippen LogP contribution in [-0.4, -0.2) is 22.7 Å². The number of hydrogen-bond donors (Lipinski definition) is 2. The summed E-state index contributed by atoms with van der Waals surface area (Å²) in [5.74, 6) is 0. The van der Waals surface area contributed by atoms with E-state index in [2.05, 4.69) is 16.9 Å². The smallest absolute Gasteiger partial charge is 0.280 e. The van der Waals surface area contributed by atoms with Crippen LogP contribution >= 0.6 is 0 Å². The Morgan fingerprint density at radius 1 is 1.53 bits per heavy atom. The van der Waals surface area contributed by atoms with Crippen molar-refractivity contribution in [3.05, 3.63) is 42.2 Å². The Balaban J connectivity index is 2.69. The number of nitrogens with zero attached hydrogens (tertiary/aromatic N) is 1. The molecule has 5 heteroatoms. The molecule has 3 nitrogen and oxygen atoms in total. The first kappa shape index (κ1) is 13.7. The average molecular weight is 242 g/mol. The Morgan fingerprint density at radius 3 is 2.65 bits per heavy atom. The van der Waals surface area contributed by atoms with Crippen LogP contribution in [0.5, 0.6) is 0 Å². The van der Waals surface area contributed by atoms with Crippen LogP contribution in [0.3, 0.4) is 0 Å². The van der Waals surface area contributed by atoms with Crippen LogP contribution in [-0.2, 0) is 0 Å². The minimum Gasteiger partial charge on any atom is -0.394 e. The van der Waals surface area contributed by atoms with Crippen molar-refractivity contribution in [2.75, 3.05) is 6.61 Å². The standard InChI is InChI=1S/C12H16F2N2O/c1-3-10(7-17)16-8(2)9-4-5-11(12(13)14)15-6-9/h3-6,8,10,12,16-17H,1,7H2,2H3/t8?,10-/m1/s1. The van der Waals surface area contributed by atoms with Crippen molar-refractivity contribution in [1.29, 1.82) is 0 Å². The van der Waals surface area contributed by atoms with Gasteiger partial charge in [0.05, 0.1) is 6.61 Å². The van der Waals surface area contributed by atoms with E-state index in [4.69, 9.17) is 5.11 Å². The van der Waals surface area contributed by atoms with Gasteiger partial charge in [0.2, 0.25) is 0 Å². The summed E-state index contributed by atoms with van der Waals surface area (Å²) < 4.78 is 24.6. The molecule has 0 amide bonds. The first-order chi connectivity index (χ1) is 8.08. The third-order valence-corrected chi connectivity index (χ3v) is 2.48. The number of aliphatic hydroxyl groups is 1. The SMILES string of the molecule is C=C[C@H](CO)NC(C)c1ccc(C(F)F)nc1. The van der Waals surface area contributed by atoms with Gasteiger partial charge in [0.25, 0.3) is 6.43 Å². The van der Waals surface area contributed by atoms with Gasteiger partial charge in [0.15, 0.2) is 0 Å². The largest absolute Gasteiger partial charge is 0.394 e. The number of aromatic nitrogens is 1. The minimum atomic E-state index is -2.55. The molecule has 1 aromatic heterocycles. The van der Waals surface area contributed by atoms with E-state index >= 15 is 0 Å². The predicted molar refractivity (Wildman–Crippen MR) is 61.8 cm³/mol. The summed E-state index contributed by atoms with van der Waals surface area (Å²) in [6.45, 7) is 5.39. The van der Waals surface area contributed by atoms with Crippen molar-refractivity contribution in [3.8, 4) is 0 Å². The Hall–Kier alpha value is -1.33. The molecule has 1 unspecified atom stereocenters. The monoisotopic (exact) mass is 242 g/mol. The van der Waals surface area contributed by atoms with Crippen molar-refractivity contribution in [2.45, 2.75) is 25.4 Å². The van der Waals surface area contributed by atoms with Gasteiger partial charge in [0, 0.05) is 18.3 Å². The van der Waals surface area contributed by atoms with Crippen molar-refractivity contribution >= 4 is 0 Å². The van der Waals surface area contributed by atoms with Crippen LogP contribution in [0, 0.1) is 0 Å². The first-order valence-electron chi connectivity index (χ1n) is 5.32. The second kappa shape index (κ2) is 6.42. The topological polar surface area (TPSA) is 45.1 Å². The van der Waals surface area contributed by atoms with Gasteiger partial charge in [0.1, 0.15) is 5.69 Å². The van der Waals surface area contributed by atoms with Gasteiger partial charge in [-0.2, -0.15) is 0 Å². The molecule has 0 aromatic carbocycles. The Kier molecular flexibility index (Phi) is 5.18. The van der Waals surface area contributed by atoms with Crippen molar-refractivity contribution < 1.29 is 13.9 Å². The third-order valence-electron chi connectivity index (χ3n) is 2.48. The summed E-state index contributed by atoms with van der Waals surface area (Å²) in [6, 6.07) is 2.59. The molecule has 0 bridgehead atoms. The number of aliphatic hydroxyl groups excluding tert-OH is 1. The highest BCUT2D eigenvalue weighted by molar-refractivity contribution is 5.18. The highest BCUT2D eigenvalue weighted by Gasteiger charge is 2.12. The van der Waals surface area contributed by atoms with Crippen molar-refractivity contribution in [2.24, 2.45) is 0 Å². The maximum atomic E-state index is 12.3. The number of pyridine rings is 1. The Labute approximate surface area is 99.2 Å². The fraction of sp³-hybridized carbons (Fsp3) is 0.417. The predicted octanol–water partition coefficient (Wildman–Crippen LogP) is 2.22. The van der Waals surface area contributed by atoms with Crippen LogP contribution in [0.4, 0.5) is 8.78 Å². The third kappa shape index (κ3) is 3.87. The number of alkyl halides is 2. The van der Waals surface area contributed by atoms with E-state index in [0.29, 0.717) is 0 Å². The van der Waals surface area contributed by atoms with E-state index in [-0.39, 0.29) is 24.4 Å². The molecule has 0 radical (unpaired) electrons. The fourth-order valence-electron chi connectivity index (χ4n) is 1.41. The minimum absolute atomic E-state index is 0.0591. The van der Waals surface area contributed by atoms with E-state index in [1.165, 1.54) is 12.3 Å². The van der Waals surface area contributed by atoms with E-state index in [1.54, 1.807) is 12.1 Å². The summed E-state index contributed by atoms with van der Waals surface area (Å²) in [4.78, 5) is 3.68. The molecule has 1 aromatic rings. The zero-order valence-electron chi connectivity index (χ0n) is 9.61. The van der Waals surface area contributed by atoms with Gasteiger partial charge >= 0.3 is 0 Å². The summed E-state index contributed by atoms with van der Waals surface area (Å²) in [6.07, 6.45) is 0.458. The van der Waals surface area contributed by atoms with E-state index in [9.17, 15) is 8.78 Å². The number of rotatable bonds is 6. The van der Waals surface area contributed by atoms with Crippen LogP contribution in [0.15, 0.2) is 31.0 Å². The lowest BCUT2D eigenvalue weighted by molar-refractivity contribution is 0.146. The molecule has 0 fully saturated rings. The van der Waals surface area contributed by atoms with Gasteiger partial charge in [-0.1, -0.05) is 12.1 Å². The molecule has 0 aliphatic rings. The summed E-state index contributed by atoms with van der Waals surface area (Å²) >= 11 is 0. The molecule has 0 aliphatic carbocycles. The highest BCUT2D eigenvalue weighted by atomic mass is 19.3. The summed E-state index contributed by atoms with van der Waals surface area (Å²) in [5.41, 5.74) is 0.554. The molecule has 94 valence electrons. The normalized spacial score (nSPS) is 14.6. The van der Waals surface area contributed by atoms with Gasteiger partial charge in [-0.05, 0) is 18.6 Å². The Morgan fingerprint density at radius 2 is 2.24 bits per heavy atom. The van der Waals surface area contributed by atoms with Crippen LogP contribution in [0.1, 0.15) is 30.6 Å². The van der Waals surface area contributed by atoms with Crippen molar-refractivity contribution in [3.63, 3.8) is 0 Å². The molecule has 0 saturated heterocycles. The first-order valence-corrected chi connectivity index (χ1v) is 5.32. The van der Waals surface area contributed by atoms with E-state index in [0.717, 1.165) is 5.56 Å². The second-order valence-electron chi connectivity index (χ2n) is 3.73. The summed E-state index contributed by atoms with van der Waals surface area (Å²) in [7, 11) is 0. The zero-order chi connectivity index (χ0) is 12.8. The molecular weight excluding hydrogens is 226 g/mol. The lowest BCUT2D eigenvalue weighted by Crippen LogP contribution is -2.32. The molecule has 0 saturated carbocycles. The van der Waals surface area contributed by atoms with Gasteiger partial charge in [-0.25, -0.2) is 8.78 Å². The fourth-order valence-corrected chi connectivity index (χ4v) is 1.41. The molecular formula is C12H16F2N2O. The molecule has 1 rings (SSSR count). The van der Waals surface area contributed by atoms with E-state index < -0.39 is 6.43 Å². The number of halogens is 2.